The molecule has 1 aliphatic carbocycles. The largest absolute Gasteiger partial charge is 0.306 e. The summed E-state index contributed by atoms with van der Waals surface area (Å²) in [5.41, 5.74) is 1.34. The number of benzene rings is 1. The van der Waals surface area contributed by atoms with E-state index in [1.807, 2.05) is 0 Å². The molecule has 0 N–H and O–H groups in total. The summed E-state index contributed by atoms with van der Waals surface area (Å²) in [4.78, 5) is 9.84. The van der Waals surface area contributed by atoms with Crippen molar-refractivity contribution in [2.45, 2.75) is 19.3 Å². The molecular weight excluding hydrogens is 253 g/mol. The molecule has 1 aromatic carbocycles. The van der Waals surface area contributed by atoms with Crippen molar-refractivity contribution in [2.75, 3.05) is 0 Å². The Morgan fingerprint density at radius 2 is 2.21 bits per heavy atom. The fourth-order valence-electron chi connectivity index (χ4n) is 1.78. The number of halogens is 2. The highest BCUT2D eigenvalue weighted by atomic mass is 79.9. The number of aryl methyl sites for hydroxylation is 1. The third-order valence-corrected chi connectivity index (χ3v) is 3.28. The first-order valence-corrected chi connectivity index (χ1v) is 5.04. The summed E-state index contributed by atoms with van der Waals surface area (Å²) in [6.07, 6.45) is 2.54. The van der Waals surface area contributed by atoms with Crippen LogP contribution in [0.1, 0.15) is 17.5 Å². The standard InChI is InChI=1S/C9H7BrFNO2/c10-8-6-3-1-2-5(6)4-7(9(8)11)12(13)14/h4H,1-3H2. The van der Waals surface area contributed by atoms with E-state index < -0.39 is 16.4 Å². The van der Waals surface area contributed by atoms with Crippen LogP contribution in [0.15, 0.2) is 10.5 Å². The van der Waals surface area contributed by atoms with Gasteiger partial charge in [-0.1, -0.05) is 0 Å². The monoisotopic (exact) mass is 259 g/mol. The lowest BCUT2D eigenvalue weighted by Crippen LogP contribution is -1.97. The third kappa shape index (κ3) is 1.32. The molecule has 0 spiro atoms. The van der Waals surface area contributed by atoms with Crippen LogP contribution in [0.5, 0.6) is 0 Å². The van der Waals surface area contributed by atoms with Crippen molar-refractivity contribution < 1.29 is 9.31 Å². The fourth-order valence-corrected chi connectivity index (χ4v) is 2.44. The Morgan fingerprint density at radius 1 is 1.50 bits per heavy atom. The first kappa shape index (κ1) is 9.58. The highest BCUT2D eigenvalue weighted by molar-refractivity contribution is 9.10. The second kappa shape index (κ2) is 3.31. The van der Waals surface area contributed by atoms with Gasteiger partial charge in [-0.2, -0.15) is 4.39 Å². The van der Waals surface area contributed by atoms with Gasteiger partial charge in [0.2, 0.25) is 5.82 Å². The molecule has 0 amide bonds. The van der Waals surface area contributed by atoms with Gasteiger partial charge in [-0.15, -0.1) is 0 Å². The molecule has 5 heteroatoms. The SMILES string of the molecule is O=[N+]([O-])c1cc2c(c(Br)c1F)CCC2. The van der Waals surface area contributed by atoms with Crippen LogP contribution in [0.3, 0.4) is 0 Å². The van der Waals surface area contributed by atoms with E-state index in [0.717, 1.165) is 30.4 Å². The topological polar surface area (TPSA) is 43.1 Å². The molecule has 2 rings (SSSR count). The van der Waals surface area contributed by atoms with E-state index in [0.29, 0.717) is 0 Å². The summed E-state index contributed by atoms with van der Waals surface area (Å²) in [5.74, 6) is -0.754. The quantitative estimate of drug-likeness (QED) is 0.575. The predicted molar refractivity (Wildman–Crippen MR) is 52.8 cm³/mol. The van der Waals surface area contributed by atoms with Crippen molar-refractivity contribution >= 4 is 21.6 Å². The van der Waals surface area contributed by atoms with Gasteiger partial charge in [-0.05, 0) is 46.3 Å². The summed E-state index contributed by atoms with van der Waals surface area (Å²) >= 11 is 3.07. The van der Waals surface area contributed by atoms with Gasteiger partial charge in [0.1, 0.15) is 0 Å². The lowest BCUT2D eigenvalue weighted by atomic mass is 10.1. The second-order valence-electron chi connectivity index (χ2n) is 3.27. The van der Waals surface area contributed by atoms with Crippen LogP contribution in [-0.2, 0) is 12.8 Å². The van der Waals surface area contributed by atoms with Gasteiger partial charge in [0, 0.05) is 6.07 Å². The van der Waals surface area contributed by atoms with E-state index in [1.54, 1.807) is 0 Å². The van der Waals surface area contributed by atoms with Gasteiger partial charge >= 0.3 is 5.69 Å². The van der Waals surface area contributed by atoms with Gasteiger partial charge in [0.05, 0.1) is 9.40 Å². The Bertz CT molecular complexity index is 420. The Hall–Kier alpha value is -0.970. The molecule has 0 atom stereocenters. The van der Waals surface area contributed by atoms with E-state index in [-0.39, 0.29) is 4.47 Å². The summed E-state index contributed by atoms with van der Waals surface area (Å²) in [7, 11) is 0. The molecule has 3 nitrogen and oxygen atoms in total. The number of nitrogens with zero attached hydrogens (tertiary/aromatic N) is 1. The minimum absolute atomic E-state index is 0.263. The molecule has 0 heterocycles. The summed E-state index contributed by atoms with van der Waals surface area (Å²) in [5, 5.41) is 10.5. The van der Waals surface area contributed by atoms with Crippen molar-refractivity contribution in [2.24, 2.45) is 0 Å². The number of hydrogen-bond donors (Lipinski definition) is 0. The van der Waals surface area contributed by atoms with Crippen molar-refractivity contribution in [1.82, 2.24) is 0 Å². The summed E-state index contributed by atoms with van der Waals surface area (Å²) in [6.45, 7) is 0. The number of nitro groups is 1. The zero-order chi connectivity index (χ0) is 10.3. The highest BCUT2D eigenvalue weighted by Gasteiger charge is 2.25. The zero-order valence-electron chi connectivity index (χ0n) is 7.22. The first-order chi connectivity index (χ1) is 6.61. The van der Waals surface area contributed by atoms with Crippen LogP contribution in [-0.4, -0.2) is 4.92 Å². The minimum Gasteiger partial charge on any atom is -0.258 e. The average Bonchev–Trinajstić information content (AvgIpc) is 2.58. The van der Waals surface area contributed by atoms with E-state index in [1.165, 1.54) is 6.07 Å². The Morgan fingerprint density at radius 3 is 2.86 bits per heavy atom. The van der Waals surface area contributed by atoms with Crippen LogP contribution in [0.2, 0.25) is 0 Å². The molecule has 74 valence electrons. The van der Waals surface area contributed by atoms with E-state index in [4.69, 9.17) is 0 Å². The van der Waals surface area contributed by atoms with Crippen LogP contribution < -0.4 is 0 Å². The Kier molecular flexibility index (Phi) is 2.26. The van der Waals surface area contributed by atoms with E-state index >= 15 is 0 Å². The van der Waals surface area contributed by atoms with E-state index in [2.05, 4.69) is 15.9 Å². The van der Waals surface area contributed by atoms with Crippen LogP contribution in [0.25, 0.3) is 0 Å². The average molecular weight is 260 g/mol. The molecule has 14 heavy (non-hydrogen) atoms. The molecule has 0 aromatic heterocycles. The minimum atomic E-state index is -0.754. The molecule has 0 saturated carbocycles. The lowest BCUT2D eigenvalue weighted by Gasteiger charge is -2.03. The summed E-state index contributed by atoms with van der Waals surface area (Å²) < 4.78 is 13.7. The molecular formula is C9H7BrFNO2. The number of fused-ring (bicyclic) bond motifs is 1. The normalized spacial score (nSPS) is 14.1. The molecule has 0 unspecified atom stereocenters. The lowest BCUT2D eigenvalue weighted by molar-refractivity contribution is -0.387. The molecule has 0 bridgehead atoms. The Labute approximate surface area is 88.2 Å². The highest BCUT2D eigenvalue weighted by Crippen LogP contribution is 2.36. The number of nitro benzene ring substituents is 1. The molecule has 0 radical (unpaired) electrons. The van der Waals surface area contributed by atoms with Gasteiger partial charge in [-0.3, -0.25) is 10.1 Å². The van der Waals surface area contributed by atoms with Crippen LogP contribution >= 0.6 is 15.9 Å². The predicted octanol–water partition coefficient (Wildman–Crippen LogP) is 2.99. The number of rotatable bonds is 1. The first-order valence-electron chi connectivity index (χ1n) is 4.25. The number of hydrogen-bond acceptors (Lipinski definition) is 2. The molecule has 1 aromatic rings. The molecule has 0 fully saturated rings. The third-order valence-electron chi connectivity index (χ3n) is 2.45. The maximum Gasteiger partial charge on any atom is 0.306 e. The van der Waals surface area contributed by atoms with Gasteiger partial charge in [0.15, 0.2) is 0 Å². The second-order valence-corrected chi connectivity index (χ2v) is 4.06. The molecule has 1 aliphatic rings. The smallest absolute Gasteiger partial charge is 0.258 e. The van der Waals surface area contributed by atoms with Crippen molar-refractivity contribution in [3.8, 4) is 0 Å². The van der Waals surface area contributed by atoms with E-state index in [9.17, 15) is 14.5 Å². The van der Waals surface area contributed by atoms with Crippen molar-refractivity contribution in [3.63, 3.8) is 0 Å². The fraction of sp³-hybridized carbons (Fsp3) is 0.333. The van der Waals surface area contributed by atoms with Gasteiger partial charge in [0.25, 0.3) is 0 Å². The van der Waals surface area contributed by atoms with Crippen molar-refractivity contribution in [3.05, 3.63) is 37.6 Å². The van der Waals surface area contributed by atoms with Crippen LogP contribution in [0.4, 0.5) is 10.1 Å². The maximum absolute atomic E-state index is 13.4. The molecule has 0 saturated heterocycles. The Balaban J connectivity index is 2.67. The summed E-state index contributed by atoms with van der Waals surface area (Å²) in [6, 6.07) is 1.35. The van der Waals surface area contributed by atoms with Crippen molar-refractivity contribution in [1.29, 1.82) is 0 Å². The zero-order valence-corrected chi connectivity index (χ0v) is 8.80. The molecule has 0 aliphatic heterocycles. The maximum atomic E-state index is 13.4. The van der Waals surface area contributed by atoms with Gasteiger partial charge in [-0.25, -0.2) is 0 Å². The van der Waals surface area contributed by atoms with Crippen LogP contribution in [0, 0.1) is 15.9 Å². The van der Waals surface area contributed by atoms with Gasteiger partial charge < -0.3 is 0 Å².